The lowest BCUT2D eigenvalue weighted by atomic mass is 9.87. The Morgan fingerprint density at radius 1 is 1.34 bits per heavy atom. The Morgan fingerprint density at radius 2 is 2.16 bits per heavy atom. The van der Waals surface area contributed by atoms with Crippen LogP contribution in [0.15, 0.2) is 53.1 Å². The summed E-state index contributed by atoms with van der Waals surface area (Å²) in [5, 5.41) is 25.6. The summed E-state index contributed by atoms with van der Waals surface area (Å²) in [4.78, 5) is 24.7. The summed E-state index contributed by atoms with van der Waals surface area (Å²) in [5.74, 6) is -0.138. The zero-order chi connectivity index (χ0) is 23.1. The topological polar surface area (TPSA) is 121 Å². The highest BCUT2D eigenvalue weighted by atomic mass is 32.2. The van der Waals surface area contributed by atoms with Crippen molar-refractivity contribution in [1.82, 2.24) is 5.32 Å². The third-order valence-corrected chi connectivity index (χ3v) is 5.76. The number of benzene rings is 2. The molecule has 0 fully saturated rings. The molecule has 0 aromatic heterocycles. The van der Waals surface area contributed by atoms with Crippen molar-refractivity contribution < 1.29 is 24.2 Å². The Balaban J connectivity index is 1.77. The first-order valence-electron chi connectivity index (χ1n) is 9.91. The van der Waals surface area contributed by atoms with E-state index in [2.05, 4.69) is 16.7 Å². The minimum atomic E-state index is -0.502. The number of nitrogens with one attached hydrogen (secondary N) is 2. The van der Waals surface area contributed by atoms with Crippen molar-refractivity contribution in [3.63, 3.8) is 0 Å². The number of hydrogen-bond donors (Lipinski definition) is 3. The summed E-state index contributed by atoms with van der Waals surface area (Å²) in [7, 11) is 1.54. The Bertz CT molecular complexity index is 1090. The zero-order valence-corrected chi connectivity index (χ0v) is 18.5. The van der Waals surface area contributed by atoms with Crippen LogP contribution in [0.1, 0.15) is 24.8 Å². The van der Waals surface area contributed by atoms with Gasteiger partial charge in [0.1, 0.15) is 5.75 Å². The number of aromatic hydroxyl groups is 1. The Hall–Kier alpha value is -3.64. The minimum Gasteiger partial charge on any atom is -0.504 e. The van der Waals surface area contributed by atoms with E-state index in [1.54, 1.807) is 50.4 Å². The van der Waals surface area contributed by atoms with Gasteiger partial charge in [-0.05, 0) is 36.8 Å². The van der Waals surface area contributed by atoms with Gasteiger partial charge < -0.3 is 25.2 Å². The van der Waals surface area contributed by atoms with Gasteiger partial charge in [-0.15, -0.1) is 0 Å². The highest BCUT2D eigenvalue weighted by molar-refractivity contribution is 8.03. The van der Waals surface area contributed by atoms with Gasteiger partial charge in [-0.1, -0.05) is 23.9 Å². The minimum absolute atomic E-state index is 0.00446. The smallest absolute Gasteiger partial charge is 0.234 e. The molecule has 1 aliphatic rings. The lowest BCUT2D eigenvalue weighted by Gasteiger charge is -2.25. The number of carbonyl (C=O) groups excluding carboxylic acids is 2. The monoisotopic (exact) mass is 453 g/mol. The lowest BCUT2D eigenvalue weighted by Crippen LogP contribution is -2.31. The van der Waals surface area contributed by atoms with Crippen LogP contribution >= 0.6 is 11.8 Å². The number of thioether (sulfide) groups is 1. The number of ether oxygens (including phenoxy) is 2. The first kappa shape index (κ1) is 23.0. The second-order valence-electron chi connectivity index (χ2n) is 6.89. The molecule has 0 saturated heterocycles. The van der Waals surface area contributed by atoms with Gasteiger partial charge in [0.05, 0.1) is 36.1 Å². The van der Waals surface area contributed by atoms with E-state index in [1.165, 1.54) is 6.07 Å². The maximum atomic E-state index is 12.4. The van der Waals surface area contributed by atoms with Gasteiger partial charge in [-0.25, -0.2) is 0 Å². The molecule has 0 spiro atoms. The van der Waals surface area contributed by atoms with Crippen LogP contribution in [0.2, 0.25) is 0 Å². The van der Waals surface area contributed by atoms with Crippen molar-refractivity contribution >= 4 is 29.3 Å². The number of allylic oxidation sites excluding steroid dienone is 1. The van der Waals surface area contributed by atoms with E-state index in [4.69, 9.17) is 9.47 Å². The predicted molar refractivity (Wildman–Crippen MR) is 121 cm³/mol. The number of hydrogen-bond acceptors (Lipinski definition) is 7. The van der Waals surface area contributed by atoms with Crippen LogP contribution in [0.4, 0.5) is 5.69 Å². The zero-order valence-electron chi connectivity index (χ0n) is 17.7. The van der Waals surface area contributed by atoms with E-state index in [9.17, 15) is 20.0 Å². The highest BCUT2D eigenvalue weighted by Crippen LogP contribution is 2.39. The van der Waals surface area contributed by atoms with E-state index < -0.39 is 5.92 Å². The number of nitrogens with zero attached hydrogens (tertiary/aromatic N) is 1. The number of phenols is 1. The molecule has 9 heteroatoms. The summed E-state index contributed by atoms with van der Waals surface area (Å²) >= 11 is 1.09. The third kappa shape index (κ3) is 5.53. The molecule has 3 rings (SSSR count). The molecule has 3 N–H and O–H groups in total. The summed E-state index contributed by atoms with van der Waals surface area (Å²) < 4.78 is 10.6. The molecule has 0 bridgehead atoms. The molecule has 1 aliphatic heterocycles. The van der Waals surface area contributed by atoms with Gasteiger partial charge in [-0.2, -0.15) is 5.26 Å². The van der Waals surface area contributed by atoms with Crippen molar-refractivity contribution in [2.24, 2.45) is 0 Å². The number of nitriles is 1. The van der Waals surface area contributed by atoms with Gasteiger partial charge in [0.15, 0.2) is 11.5 Å². The van der Waals surface area contributed by atoms with Gasteiger partial charge in [0.2, 0.25) is 11.8 Å². The van der Waals surface area contributed by atoms with Crippen molar-refractivity contribution in [2.45, 2.75) is 19.3 Å². The molecule has 1 unspecified atom stereocenters. The first-order chi connectivity index (χ1) is 15.4. The molecule has 166 valence electrons. The number of phenolic OH excluding ortho intramolecular Hbond substituents is 1. The first-order valence-corrected chi connectivity index (χ1v) is 10.9. The number of amides is 2. The fourth-order valence-electron chi connectivity index (χ4n) is 3.27. The van der Waals surface area contributed by atoms with Gasteiger partial charge in [0, 0.05) is 24.1 Å². The van der Waals surface area contributed by atoms with Gasteiger partial charge in [0.25, 0.3) is 0 Å². The van der Waals surface area contributed by atoms with Crippen LogP contribution in [0.25, 0.3) is 0 Å². The van der Waals surface area contributed by atoms with Crippen LogP contribution in [0.5, 0.6) is 17.2 Å². The molecular weight excluding hydrogens is 430 g/mol. The van der Waals surface area contributed by atoms with Crippen LogP contribution in [-0.4, -0.2) is 36.4 Å². The third-order valence-electron chi connectivity index (χ3n) is 4.74. The van der Waals surface area contributed by atoms with Crippen LogP contribution in [0.3, 0.4) is 0 Å². The van der Waals surface area contributed by atoms with Crippen molar-refractivity contribution in [3.05, 3.63) is 58.6 Å². The van der Waals surface area contributed by atoms with E-state index in [-0.39, 0.29) is 29.7 Å². The largest absolute Gasteiger partial charge is 0.504 e. The molecule has 1 heterocycles. The molecular formula is C23H23N3O5S. The molecule has 0 radical (unpaired) electrons. The van der Waals surface area contributed by atoms with E-state index >= 15 is 0 Å². The van der Waals surface area contributed by atoms with Crippen LogP contribution in [0, 0.1) is 11.3 Å². The Morgan fingerprint density at radius 3 is 2.88 bits per heavy atom. The van der Waals surface area contributed by atoms with E-state index in [0.29, 0.717) is 40.0 Å². The molecule has 8 nitrogen and oxygen atoms in total. The average molecular weight is 454 g/mol. The number of methoxy groups -OCH3 is 1. The van der Waals surface area contributed by atoms with Gasteiger partial charge in [-0.3, -0.25) is 9.59 Å². The molecule has 0 saturated carbocycles. The Labute approximate surface area is 190 Å². The fourth-order valence-corrected chi connectivity index (χ4v) is 4.15. The van der Waals surface area contributed by atoms with Crippen molar-refractivity contribution in [3.8, 4) is 23.3 Å². The fraction of sp³-hybridized carbons (Fsp3) is 0.261. The number of anilines is 1. The van der Waals surface area contributed by atoms with Crippen LogP contribution < -0.4 is 20.1 Å². The van der Waals surface area contributed by atoms with Crippen molar-refractivity contribution in [2.75, 3.05) is 24.8 Å². The second-order valence-corrected chi connectivity index (χ2v) is 7.87. The van der Waals surface area contributed by atoms with Crippen molar-refractivity contribution in [1.29, 1.82) is 5.26 Å². The van der Waals surface area contributed by atoms with Crippen LogP contribution in [-0.2, 0) is 9.59 Å². The second kappa shape index (κ2) is 10.6. The molecule has 1 atom stereocenters. The molecule has 0 aliphatic carbocycles. The summed E-state index contributed by atoms with van der Waals surface area (Å²) in [5.41, 5.74) is 1.62. The quantitative estimate of drug-likeness (QED) is 0.559. The van der Waals surface area contributed by atoms with E-state index in [1.807, 2.05) is 0 Å². The molecule has 2 aromatic carbocycles. The number of carbonyl (C=O) groups is 2. The Kier molecular flexibility index (Phi) is 7.63. The highest BCUT2D eigenvalue weighted by Gasteiger charge is 2.30. The standard InChI is InChI=1S/C23H23N3O5S/c1-3-31-20-9-14(7-8-19(20)27)17-11-21(28)26-23(18(17)12-24)32-13-22(29)25-15-5-4-6-16(10-15)30-2/h4-10,17,27H,3,11,13H2,1-2H3,(H,25,29)(H,26,28). The average Bonchev–Trinajstić information content (AvgIpc) is 2.79. The summed E-state index contributed by atoms with van der Waals surface area (Å²) in [6, 6.07) is 13.9. The summed E-state index contributed by atoms with van der Waals surface area (Å²) in [6.07, 6.45) is 0.0826. The van der Waals surface area contributed by atoms with E-state index in [0.717, 1.165) is 11.8 Å². The predicted octanol–water partition coefficient (Wildman–Crippen LogP) is 3.51. The maximum absolute atomic E-state index is 12.4. The molecule has 2 aromatic rings. The maximum Gasteiger partial charge on any atom is 0.234 e. The summed E-state index contributed by atoms with van der Waals surface area (Å²) in [6.45, 7) is 2.17. The molecule has 32 heavy (non-hydrogen) atoms. The SMILES string of the molecule is CCOc1cc(C2CC(=O)NC(SCC(=O)Nc3cccc(OC)c3)=C2C#N)ccc1O. The molecule has 2 amide bonds. The number of rotatable bonds is 8. The van der Waals surface area contributed by atoms with Gasteiger partial charge >= 0.3 is 0 Å². The normalized spacial score (nSPS) is 15.5. The lowest BCUT2D eigenvalue weighted by molar-refractivity contribution is -0.121.